The van der Waals surface area contributed by atoms with Crippen LogP contribution >= 0.6 is 23.1 Å². The first-order valence-electron chi connectivity index (χ1n) is 7.63. The van der Waals surface area contributed by atoms with Crippen LogP contribution < -0.4 is 5.32 Å². The molecule has 8 heteroatoms. The van der Waals surface area contributed by atoms with E-state index >= 15 is 0 Å². The molecule has 2 heterocycles. The van der Waals surface area contributed by atoms with Gasteiger partial charge in [0.25, 0.3) is 0 Å². The van der Waals surface area contributed by atoms with E-state index in [9.17, 15) is 9.59 Å². The van der Waals surface area contributed by atoms with Gasteiger partial charge in [0.15, 0.2) is 0 Å². The Morgan fingerprint density at radius 1 is 1.12 bits per heavy atom. The number of nitrogens with zero attached hydrogens (tertiary/aromatic N) is 3. The van der Waals surface area contributed by atoms with Crippen molar-refractivity contribution in [3.05, 3.63) is 41.9 Å². The maximum atomic E-state index is 12.2. The second-order valence-corrected chi connectivity index (χ2v) is 7.37. The van der Waals surface area contributed by atoms with E-state index < -0.39 is 0 Å². The highest BCUT2D eigenvalue weighted by Crippen LogP contribution is 2.20. The van der Waals surface area contributed by atoms with E-state index in [1.54, 1.807) is 11.1 Å². The number of thiazole rings is 1. The molecule has 2 aromatic rings. The van der Waals surface area contributed by atoms with E-state index in [2.05, 4.69) is 10.3 Å². The third kappa shape index (κ3) is 4.48. The average molecular weight is 362 g/mol. The van der Waals surface area contributed by atoms with Gasteiger partial charge >= 0.3 is 6.03 Å². The fourth-order valence-corrected chi connectivity index (χ4v) is 3.92. The van der Waals surface area contributed by atoms with Crippen molar-refractivity contribution in [3.63, 3.8) is 0 Å². The molecule has 126 valence electrons. The number of piperazine rings is 1. The maximum Gasteiger partial charge on any atom is 0.321 e. The van der Waals surface area contributed by atoms with Gasteiger partial charge in [0, 0.05) is 43.4 Å². The Hall–Kier alpha value is -2.06. The van der Waals surface area contributed by atoms with Crippen molar-refractivity contribution in [2.75, 3.05) is 37.2 Å². The highest BCUT2D eigenvalue weighted by atomic mass is 32.2. The van der Waals surface area contributed by atoms with Gasteiger partial charge in [-0.15, -0.1) is 11.3 Å². The Balaban J connectivity index is 1.43. The molecule has 1 fully saturated rings. The van der Waals surface area contributed by atoms with Crippen molar-refractivity contribution in [1.29, 1.82) is 0 Å². The zero-order valence-corrected chi connectivity index (χ0v) is 14.7. The minimum absolute atomic E-state index is 0.0957. The average Bonchev–Trinajstić information content (AvgIpc) is 3.14. The minimum Gasteiger partial charge on any atom is -0.338 e. The van der Waals surface area contributed by atoms with Gasteiger partial charge in [-0.05, 0) is 12.1 Å². The van der Waals surface area contributed by atoms with E-state index in [1.165, 1.54) is 23.1 Å². The van der Waals surface area contributed by atoms with E-state index in [0.717, 1.165) is 10.0 Å². The van der Waals surface area contributed by atoms with Crippen LogP contribution in [0, 0.1) is 0 Å². The molecule has 0 unspecified atom stereocenters. The SMILES string of the molecule is O=C(CSc1nccs1)N1CCN(C(=O)Nc2ccccc2)CC1. The number of anilines is 1. The zero-order valence-electron chi connectivity index (χ0n) is 13.1. The van der Waals surface area contributed by atoms with Crippen LogP contribution in [-0.2, 0) is 4.79 Å². The normalized spacial score (nSPS) is 14.5. The highest BCUT2D eigenvalue weighted by molar-refractivity contribution is 8.01. The van der Waals surface area contributed by atoms with Crippen molar-refractivity contribution in [3.8, 4) is 0 Å². The number of carbonyl (C=O) groups excluding carboxylic acids is 2. The summed E-state index contributed by atoms with van der Waals surface area (Å²) in [7, 11) is 0. The quantitative estimate of drug-likeness (QED) is 0.849. The second-order valence-electron chi connectivity index (χ2n) is 5.25. The summed E-state index contributed by atoms with van der Waals surface area (Å²) in [5.41, 5.74) is 0.779. The van der Waals surface area contributed by atoms with E-state index in [-0.39, 0.29) is 11.9 Å². The molecule has 3 rings (SSSR count). The molecule has 6 nitrogen and oxygen atoms in total. The van der Waals surface area contributed by atoms with Gasteiger partial charge in [-0.2, -0.15) is 0 Å². The Morgan fingerprint density at radius 3 is 2.50 bits per heavy atom. The number of carbonyl (C=O) groups is 2. The largest absolute Gasteiger partial charge is 0.338 e. The lowest BCUT2D eigenvalue weighted by molar-refractivity contribution is -0.129. The number of hydrogen-bond acceptors (Lipinski definition) is 5. The van der Waals surface area contributed by atoms with E-state index in [0.29, 0.717) is 31.9 Å². The summed E-state index contributed by atoms with van der Waals surface area (Å²) in [4.78, 5) is 32.2. The molecule has 3 amide bonds. The van der Waals surface area contributed by atoms with Crippen molar-refractivity contribution in [1.82, 2.24) is 14.8 Å². The summed E-state index contributed by atoms with van der Waals surface area (Å²) < 4.78 is 0.907. The van der Waals surface area contributed by atoms with Crippen LogP contribution in [0.2, 0.25) is 0 Å². The zero-order chi connectivity index (χ0) is 16.8. The van der Waals surface area contributed by atoms with Crippen LogP contribution in [0.15, 0.2) is 46.2 Å². The lowest BCUT2D eigenvalue weighted by Gasteiger charge is -2.34. The highest BCUT2D eigenvalue weighted by Gasteiger charge is 2.24. The molecule has 1 aliphatic rings. The molecule has 0 spiro atoms. The van der Waals surface area contributed by atoms with Gasteiger partial charge in [0.2, 0.25) is 5.91 Å². The Labute approximate surface area is 148 Å². The van der Waals surface area contributed by atoms with Crippen molar-refractivity contribution in [2.45, 2.75) is 4.34 Å². The fourth-order valence-electron chi connectivity index (χ4n) is 2.38. The Kier molecular flexibility index (Phi) is 5.71. The van der Waals surface area contributed by atoms with Crippen LogP contribution in [0.1, 0.15) is 0 Å². The standard InChI is InChI=1S/C16H18N4O2S2/c21-14(12-24-16-17-6-11-23-16)19-7-9-20(10-8-19)15(22)18-13-4-2-1-3-5-13/h1-6,11H,7-10,12H2,(H,18,22). The summed E-state index contributed by atoms with van der Waals surface area (Å²) in [6, 6.07) is 9.26. The van der Waals surface area contributed by atoms with Crippen LogP contribution in [0.5, 0.6) is 0 Å². The number of thioether (sulfide) groups is 1. The molecule has 0 atom stereocenters. The molecule has 24 heavy (non-hydrogen) atoms. The predicted molar refractivity (Wildman–Crippen MR) is 96.5 cm³/mol. The number of para-hydroxylation sites is 1. The molecule has 1 aromatic heterocycles. The molecule has 1 N–H and O–H groups in total. The third-order valence-corrected chi connectivity index (χ3v) is 5.62. The number of urea groups is 1. The van der Waals surface area contributed by atoms with Crippen molar-refractivity contribution in [2.24, 2.45) is 0 Å². The Morgan fingerprint density at radius 2 is 1.83 bits per heavy atom. The lowest BCUT2D eigenvalue weighted by atomic mass is 10.3. The topological polar surface area (TPSA) is 65.5 Å². The summed E-state index contributed by atoms with van der Waals surface area (Å²) >= 11 is 3.00. The van der Waals surface area contributed by atoms with Crippen LogP contribution in [0.4, 0.5) is 10.5 Å². The van der Waals surface area contributed by atoms with Gasteiger partial charge in [0.05, 0.1) is 5.75 Å². The molecular weight excluding hydrogens is 344 g/mol. The molecule has 1 aliphatic heterocycles. The molecule has 1 saturated heterocycles. The van der Waals surface area contributed by atoms with Crippen LogP contribution in [-0.4, -0.2) is 58.7 Å². The van der Waals surface area contributed by atoms with Gasteiger partial charge in [0.1, 0.15) is 4.34 Å². The van der Waals surface area contributed by atoms with Gasteiger partial charge in [-0.25, -0.2) is 9.78 Å². The maximum absolute atomic E-state index is 12.2. The summed E-state index contributed by atoms with van der Waals surface area (Å²) in [6.07, 6.45) is 1.74. The van der Waals surface area contributed by atoms with Crippen molar-refractivity contribution < 1.29 is 9.59 Å². The number of aromatic nitrogens is 1. The number of nitrogens with one attached hydrogen (secondary N) is 1. The number of benzene rings is 1. The number of rotatable bonds is 4. The van der Waals surface area contributed by atoms with E-state index in [1.807, 2.05) is 40.6 Å². The van der Waals surface area contributed by atoms with Gasteiger partial charge in [-0.3, -0.25) is 4.79 Å². The lowest BCUT2D eigenvalue weighted by Crippen LogP contribution is -2.52. The van der Waals surface area contributed by atoms with E-state index in [4.69, 9.17) is 0 Å². The fraction of sp³-hybridized carbons (Fsp3) is 0.312. The van der Waals surface area contributed by atoms with Gasteiger partial charge < -0.3 is 15.1 Å². The summed E-state index contributed by atoms with van der Waals surface area (Å²) in [5, 5.41) is 4.77. The molecule has 0 radical (unpaired) electrons. The number of hydrogen-bond donors (Lipinski definition) is 1. The third-order valence-electron chi connectivity index (χ3n) is 3.67. The number of amides is 3. The molecule has 1 aromatic carbocycles. The first-order valence-corrected chi connectivity index (χ1v) is 9.50. The van der Waals surface area contributed by atoms with Crippen molar-refractivity contribution >= 4 is 40.7 Å². The first kappa shape index (κ1) is 16.8. The molecule has 0 bridgehead atoms. The minimum atomic E-state index is -0.120. The van der Waals surface area contributed by atoms with Crippen LogP contribution in [0.3, 0.4) is 0 Å². The van der Waals surface area contributed by atoms with Gasteiger partial charge in [-0.1, -0.05) is 30.0 Å². The van der Waals surface area contributed by atoms with Crippen LogP contribution in [0.25, 0.3) is 0 Å². The molecule has 0 saturated carbocycles. The summed E-state index contributed by atoms with van der Waals surface area (Å²) in [6.45, 7) is 2.23. The molecule has 0 aliphatic carbocycles. The smallest absolute Gasteiger partial charge is 0.321 e. The molecular formula is C16H18N4O2S2. The predicted octanol–water partition coefficient (Wildman–Crippen LogP) is 2.61. The summed E-state index contributed by atoms with van der Waals surface area (Å²) in [5.74, 6) is 0.488. The Bertz CT molecular complexity index is 671. The second kappa shape index (κ2) is 8.16. The first-order chi connectivity index (χ1) is 11.7. The monoisotopic (exact) mass is 362 g/mol.